The zero-order chi connectivity index (χ0) is 19.4. The summed E-state index contributed by atoms with van der Waals surface area (Å²) < 4.78 is 6.38. The Morgan fingerprint density at radius 3 is 2.62 bits per heavy atom. The Hall–Kier alpha value is -1.65. The molecule has 0 radical (unpaired) electrons. The lowest BCUT2D eigenvalue weighted by Crippen LogP contribution is -2.46. The molecule has 0 bridgehead atoms. The number of amides is 2. The predicted molar refractivity (Wildman–Crippen MR) is 122 cm³/mol. The molecule has 1 aliphatic rings. The molecule has 0 unspecified atom stereocenters. The molecule has 1 aliphatic heterocycles. The van der Waals surface area contributed by atoms with Gasteiger partial charge in [-0.2, -0.15) is 0 Å². The number of morpholine rings is 1. The van der Waals surface area contributed by atoms with Gasteiger partial charge in [0.1, 0.15) is 0 Å². The zero-order valence-electron chi connectivity index (χ0n) is 16.3. The number of benzene rings is 1. The van der Waals surface area contributed by atoms with E-state index in [0.29, 0.717) is 18.9 Å². The summed E-state index contributed by atoms with van der Waals surface area (Å²) in [5.74, 6) is -0.604. The van der Waals surface area contributed by atoms with Crippen LogP contribution in [0.3, 0.4) is 0 Å². The van der Waals surface area contributed by atoms with E-state index in [-0.39, 0.29) is 49.1 Å². The number of anilines is 2. The van der Waals surface area contributed by atoms with Crippen molar-refractivity contribution < 1.29 is 14.3 Å². The molecule has 0 saturated carbocycles. The van der Waals surface area contributed by atoms with Crippen LogP contribution in [0, 0.1) is 5.92 Å². The highest BCUT2D eigenvalue weighted by atomic mass is 35.5. The lowest BCUT2D eigenvalue weighted by Gasteiger charge is -2.25. The van der Waals surface area contributed by atoms with Crippen molar-refractivity contribution in [1.82, 2.24) is 10.3 Å². The number of thiazole rings is 1. The molecule has 1 aromatic carbocycles. The van der Waals surface area contributed by atoms with E-state index < -0.39 is 6.04 Å². The van der Waals surface area contributed by atoms with E-state index in [2.05, 4.69) is 20.5 Å². The summed E-state index contributed by atoms with van der Waals surface area (Å²) in [5, 5.41) is 6.33. The minimum atomic E-state index is -0.620. The molecule has 1 atom stereocenters. The summed E-state index contributed by atoms with van der Waals surface area (Å²) >= 11 is 1.59. The van der Waals surface area contributed by atoms with Crippen LogP contribution < -0.4 is 21.3 Å². The number of aromatic nitrogens is 1. The first-order valence-corrected chi connectivity index (χ1v) is 9.82. The SMILES string of the molecule is CC(C)[C@H](N)C(=O)NCC(=O)Nc1ccc2nc(N3CCOCC3)sc2c1.Cl.Cl. The van der Waals surface area contributed by atoms with Crippen LogP contribution >= 0.6 is 36.2 Å². The lowest BCUT2D eigenvalue weighted by atomic mass is 10.1. The largest absolute Gasteiger partial charge is 0.378 e. The second-order valence-corrected chi connectivity index (χ2v) is 7.82. The molecule has 29 heavy (non-hydrogen) atoms. The van der Waals surface area contributed by atoms with E-state index >= 15 is 0 Å². The number of rotatable bonds is 6. The fourth-order valence-corrected chi connectivity index (χ4v) is 3.73. The van der Waals surface area contributed by atoms with Crippen molar-refractivity contribution in [1.29, 1.82) is 0 Å². The van der Waals surface area contributed by atoms with Gasteiger partial charge in [-0.05, 0) is 24.1 Å². The Kier molecular flexibility index (Phi) is 10.1. The number of carbonyl (C=O) groups is 2. The summed E-state index contributed by atoms with van der Waals surface area (Å²) in [4.78, 5) is 30.8. The maximum atomic E-state index is 12.1. The van der Waals surface area contributed by atoms with Crippen LogP contribution in [0.15, 0.2) is 18.2 Å². The first-order valence-electron chi connectivity index (χ1n) is 9.00. The molecule has 0 aliphatic carbocycles. The summed E-state index contributed by atoms with van der Waals surface area (Å²) in [6, 6.07) is 4.98. The smallest absolute Gasteiger partial charge is 0.243 e. The Balaban J connectivity index is 0.00000210. The van der Waals surface area contributed by atoms with Crippen LogP contribution in [0.4, 0.5) is 10.8 Å². The van der Waals surface area contributed by atoms with Gasteiger partial charge < -0.3 is 26.0 Å². The minimum Gasteiger partial charge on any atom is -0.378 e. The maximum absolute atomic E-state index is 12.1. The summed E-state index contributed by atoms with van der Waals surface area (Å²) in [7, 11) is 0. The molecule has 2 heterocycles. The standard InChI is InChI=1S/C18H25N5O3S.2ClH/c1-11(2)16(19)17(25)20-10-15(24)21-12-3-4-13-14(9-12)27-18(22-13)23-5-7-26-8-6-23;;/h3-4,9,11,16H,5-8,10,19H2,1-2H3,(H,20,25)(H,21,24);2*1H/t16-;;/m0../s1. The quantitative estimate of drug-likeness (QED) is 0.604. The third-order valence-corrected chi connectivity index (χ3v) is 5.47. The number of hydrogen-bond acceptors (Lipinski definition) is 7. The van der Waals surface area contributed by atoms with Gasteiger partial charge in [-0.1, -0.05) is 25.2 Å². The molecule has 1 aromatic heterocycles. The molecule has 0 spiro atoms. The van der Waals surface area contributed by atoms with Gasteiger partial charge in [0, 0.05) is 18.8 Å². The first kappa shape index (κ1) is 25.4. The van der Waals surface area contributed by atoms with Crippen LogP contribution in [0.25, 0.3) is 10.2 Å². The summed E-state index contributed by atoms with van der Waals surface area (Å²) in [5.41, 5.74) is 7.34. The maximum Gasteiger partial charge on any atom is 0.243 e. The Bertz CT molecular complexity index is 827. The number of halogens is 2. The molecule has 11 heteroatoms. The van der Waals surface area contributed by atoms with Crippen molar-refractivity contribution in [3.8, 4) is 0 Å². The molecule has 3 rings (SSSR count). The molecule has 4 N–H and O–H groups in total. The van der Waals surface area contributed by atoms with E-state index in [1.54, 1.807) is 11.3 Å². The number of fused-ring (bicyclic) bond motifs is 1. The van der Waals surface area contributed by atoms with Crippen molar-refractivity contribution in [3.63, 3.8) is 0 Å². The lowest BCUT2D eigenvalue weighted by molar-refractivity contribution is -0.125. The average Bonchev–Trinajstić information content (AvgIpc) is 3.09. The van der Waals surface area contributed by atoms with Gasteiger partial charge in [-0.15, -0.1) is 24.8 Å². The highest BCUT2D eigenvalue weighted by Gasteiger charge is 2.18. The fraction of sp³-hybridized carbons (Fsp3) is 0.500. The Labute approximate surface area is 186 Å². The molecule has 1 fully saturated rings. The van der Waals surface area contributed by atoms with E-state index in [1.807, 2.05) is 32.0 Å². The van der Waals surface area contributed by atoms with Crippen molar-refractivity contribution in [2.75, 3.05) is 43.1 Å². The highest BCUT2D eigenvalue weighted by molar-refractivity contribution is 7.22. The third kappa shape index (κ3) is 6.68. The topological polar surface area (TPSA) is 110 Å². The number of ether oxygens (including phenoxy) is 1. The number of carbonyl (C=O) groups excluding carboxylic acids is 2. The number of nitrogens with zero attached hydrogens (tertiary/aromatic N) is 2. The Morgan fingerprint density at radius 2 is 1.97 bits per heavy atom. The van der Waals surface area contributed by atoms with Crippen LogP contribution in [-0.2, 0) is 14.3 Å². The van der Waals surface area contributed by atoms with E-state index in [4.69, 9.17) is 10.5 Å². The molecular formula is C18H27Cl2N5O3S. The van der Waals surface area contributed by atoms with Crippen LogP contribution in [0.5, 0.6) is 0 Å². The highest BCUT2D eigenvalue weighted by Crippen LogP contribution is 2.31. The minimum absolute atomic E-state index is 0. The van der Waals surface area contributed by atoms with E-state index in [1.165, 1.54) is 0 Å². The van der Waals surface area contributed by atoms with Gasteiger partial charge in [0.2, 0.25) is 11.8 Å². The zero-order valence-corrected chi connectivity index (χ0v) is 18.8. The van der Waals surface area contributed by atoms with Gasteiger partial charge in [-0.25, -0.2) is 4.98 Å². The van der Waals surface area contributed by atoms with Crippen molar-refractivity contribution in [2.24, 2.45) is 11.7 Å². The van der Waals surface area contributed by atoms with Crippen LogP contribution in [-0.4, -0.2) is 55.7 Å². The molecular weight excluding hydrogens is 437 g/mol. The van der Waals surface area contributed by atoms with Gasteiger partial charge in [0.25, 0.3) is 0 Å². The van der Waals surface area contributed by atoms with Crippen LogP contribution in [0.1, 0.15) is 13.8 Å². The molecule has 2 aromatic rings. The van der Waals surface area contributed by atoms with Crippen molar-refractivity contribution in [3.05, 3.63) is 18.2 Å². The molecule has 8 nitrogen and oxygen atoms in total. The van der Waals surface area contributed by atoms with Gasteiger partial charge in [0.05, 0.1) is 36.0 Å². The molecule has 2 amide bonds. The normalized spacial score (nSPS) is 14.7. The monoisotopic (exact) mass is 463 g/mol. The number of hydrogen-bond donors (Lipinski definition) is 3. The van der Waals surface area contributed by atoms with Gasteiger partial charge in [0.15, 0.2) is 5.13 Å². The molecule has 162 valence electrons. The number of nitrogens with two attached hydrogens (primary N) is 1. The number of nitrogens with one attached hydrogen (secondary N) is 2. The molecule has 1 saturated heterocycles. The van der Waals surface area contributed by atoms with Crippen molar-refractivity contribution in [2.45, 2.75) is 19.9 Å². The van der Waals surface area contributed by atoms with Gasteiger partial charge in [-0.3, -0.25) is 9.59 Å². The van der Waals surface area contributed by atoms with Crippen LogP contribution in [0.2, 0.25) is 0 Å². The summed E-state index contributed by atoms with van der Waals surface area (Å²) in [6.45, 7) is 6.70. The van der Waals surface area contributed by atoms with Crippen molar-refractivity contribution >= 4 is 69.0 Å². The second-order valence-electron chi connectivity index (χ2n) is 6.81. The average molecular weight is 464 g/mol. The van der Waals surface area contributed by atoms with Gasteiger partial charge >= 0.3 is 0 Å². The first-order chi connectivity index (χ1) is 12.9. The Morgan fingerprint density at radius 1 is 1.28 bits per heavy atom. The van der Waals surface area contributed by atoms with E-state index in [9.17, 15) is 9.59 Å². The predicted octanol–water partition coefficient (Wildman–Crippen LogP) is 2.01. The third-order valence-electron chi connectivity index (χ3n) is 4.39. The summed E-state index contributed by atoms with van der Waals surface area (Å²) in [6.07, 6.45) is 0. The fourth-order valence-electron chi connectivity index (χ4n) is 2.67. The second kappa shape index (κ2) is 11.5. The van der Waals surface area contributed by atoms with E-state index in [0.717, 1.165) is 28.4 Å².